The number of hydrazine groups is 1. The van der Waals surface area contributed by atoms with Gasteiger partial charge < -0.3 is 9.32 Å². The summed E-state index contributed by atoms with van der Waals surface area (Å²) in [7, 11) is 4.08. The summed E-state index contributed by atoms with van der Waals surface area (Å²) in [5.74, 6) is 0.521. The molecule has 1 aliphatic rings. The lowest BCUT2D eigenvalue weighted by atomic mass is 9.87. The lowest BCUT2D eigenvalue weighted by molar-refractivity contribution is 0.0957. The minimum atomic E-state index is -0.360. The molecule has 0 fully saturated rings. The van der Waals surface area contributed by atoms with Crippen LogP contribution in [0.4, 0.5) is 5.69 Å². The van der Waals surface area contributed by atoms with Crippen molar-refractivity contribution in [3.63, 3.8) is 0 Å². The number of nitrogens with zero attached hydrogens (tertiary/aromatic N) is 2. The molecule has 4 rings (SSSR count). The Balaban J connectivity index is 1.69. The lowest BCUT2D eigenvalue weighted by Gasteiger charge is -2.22. The molecule has 0 spiro atoms. The first-order valence-corrected chi connectivity index (χ1v) is 11.5. The number of allylic oxidation sites excluding steroid dienone is 2. The van der Waals surface area contributed by atoms with Crippen LogP contribution in [0.5, 0.6) is 0 Å². The largest absolute Gasteiger partial charge is 0.435 e. The van der Waals surface area contributed by atoms with E-state index in [4.69, 9.17) is 4.42 Å². The number of rotatable bonds is 6. The molecule has 0 bridgehead atoms. The number of para-hydroxylation sites is 1. The van der Waals surface area contributed by atoms with Crippen LogP contribution in [0.2, 0.25) is 0 Å². The maximum absolute atomic E-state index is 13.2. The minimum absolute atomic E-state index is 0.0489. The number of nitrogens with one attached hydrogen (secondary N) is 2. The molecule has 1 heterocycles. The molecule has 0 saturated heterocycles. The molecule has 176 valence electrons. The van der Waals surface area contributed by atoms with Gasteiger partial charge in [0.15, 0.2) is 11.5 Å². The Morgan fingerprint density at radius 3 is 2.41 bits per heavy atom. The van der Waals surface area contributed by atoms with Crippen LogP contribution in [-0.4, -0.2) is 35.9 Å². The number of carbonyl (C=O) groups is 1. The zero-order valence-electron chi connectivity index (χ0n) is 20.4. The Hall–Kier alpha value is -3.64. The molecule has 0 saturated carbocycles. The van der Waals surface area contributed by atoms with Crippen molar-refractivity contribution in [3.8, 4) is 11.5 Å². The van der Waals surface area contributed by atoms with E-state index in [9.17, 15) is 4.79 Å². The summed E-state index contributed by atoms with van der Waals surface area (Å²) in [5, 5.41) is 0. The molecule has 1 unspecified atom stereocenters. The average molecular weight is 457 g/mol. The zero-order chi connectivity index (χ0) is 24.3. The van der Waals surface area contributed by atoms with Gasteiger partial charge in [-0.25, -0.2) is 4.98 Å². The first-order valence-electron chi connectivity index (χ1n) is 11.5. The molecule has 6 heteroatoms. The predicted molar refractivity (Wildman–Crippen MR) is 137 cm³/mol. The summed E-state index contributed by atoms with van der Waals surface area (Å²) in [6.45, 7) is 6.53. The Bertz CT molecular complexity index is 1200. The van der Waals surface area contributed by atoms with E-state index in [-0.39, 0.29) is 23.1 Å². The second kappa shape index (κ2) is 9.69. The molecule has 0 radical (unpaired) electrons. The number of likely N-dealkylation sites (N-methyl/N-ethyl adjacent to an activating group) is 1. The van der Waals surface area contributed by atoms with E-state index in [1.165, 1.54) is 5.56 Å². The number of oxazole rings is 1. The molecular formula is C28H32N4O2. The highest BCUT2D eigenvalue weighted by atomic mass is 16.4. The molecule has 1 aliphatic carbocycles. The van der Waals surface area contributed by atoms with E-state index in [1.54, 1.807) is 0 Å². The number of benzene rings is 2. The van der Waals surface area contributed by atoms with Gasteiger partial charge in [0.2, 0.25) is 5.89 Å². The standard InChI is InChI=1S/C28H32N4O2/c1-28(2,3)21-16-14-19(15-17-21)27-29-24(26(33)31-30-22-11-7-6-8-12-22)25(34-27)20-10-9-13-23(18-20)32(4)5/h6-12,14-18,23,30H,13H2,1-5H3,(H,31,33). The maximum atomic E-state index is 13.2. The van der Waals surface area contributed by atoms with Crippen molar-refractivity contribution in [2.24, 2.45) is 0 Å². The predicted octanol–water partition coefficient (Wildman–Crippen LogP) is 5.67. The van der Waals surface area contributed by atoms with Gasteiger partial charge in [0.05, 0.1) is 5.69 Å². The zero-order valence-corrected chi connectivity index (χ0v) is 20.4. The summed E-state index contributed by atoms with van der Waals surface area (Å²) >= 11 is 0. The van der Waals surface area contributed by atoms with Gasteiger partial charge in [0.1, 0.15) is 0 Å². The normalized spacial score (nSPS) is 15.8. The molecule has 34 heavy (non-hydrogen) atoms. The van der Waals surface area contributed by atoms with Crippen LogP contribution in [0.1, 0.15) is 49.0 Å². The average Bonchev–Trinajstić information content (AvgIpc) is 3.28. The van der Waals surface area contributed by atoms with Crippen LogP contribution in [0, 0.1) is 0 Å². The van der Waals surface area contributed by atoms with E-state index < -0.39 is 0 Å². The summed E-state index contributed by atoms with van der Waals surface area (Å²) in [4.78, 5) is 19.9. The third-order valence-electron chi connectivity index (χ3n) is 5.91. The van der Waals surface area contributed by atoms with Gasteiger partial charge in [0.25, 0.3) is 5.91 Å². The quantitative estimate of drug-likeness (QED) is 0.468. The van der Waals surface area contributed by atoms with Gasteiger partial charge in [-0.15, -0.1) is 0 Å². The van der Waals surface area contributed by atoms with Crippen molar-refractivity contribution in [2.75, 3.05) is 19.5 Å². The molecule has 6 nitrogen and oxygen atoms in total. The van der Waals surface area contributed by atoms with Gasteiger partial charge in [-0.2, -0.15) is 0 Å². The van der Waals surface area contributed by atoms with Crippen molar-refractivity contribution in [3.05, 3.63) is 89.8 Å². The van der Waals surface area contributed by atoms with Crippen LogP contribution in [-0.2, 0) is 5.41 Å². The van der Waals surface area contributed by atoms with Crippen molar-refractivity contribution in [1.82, 2.24) is 15.3 Å². The topological polar surface area (TPSA) is 70.4 Å². The number of anilines is 1. The van der Waals surface area contributed by atoms with Crippen LogP contribution < -0.4 is 10.9 Å². The number of hydrogen-bond acceptors (Lipinski definition) is 5. The van der Waals surface area contributed by atoms with Crippen LogP contribution in [0.3, 0.4) is 0 Å². The smallest absolute Gasteiger partial charge is 0.292 e. The fourth-order valence-corrected chi connectivity index (χ4v) is 3.79. The van der Waals surface area contributed by atoms with E-state index in [0.717, 1.165) is 23.2 Å². The molecule has 2 aromatic carbocycles. The third kappa shape index (κ3) is 5.29. The molecule has 1 atom stereocenters. The first-order chi connectivity index (χ1) is 16.2. The molecule has 3 aromatic rings. The second-order valence-electron chi connectivity index (χ2n) is 9.76. The number of carbonyl (C=O) groups excluding carboxylic acids is 1. The van der Waals surface area contributed by atoms with Crippen molar-refractivity contribution >= 4 is 17.2 Å². The monoisotopic (exact) mass is 456 g/mol. The molecule has 1 aromatic heterocycles. The molecule has 1 amide bonds. The van der Waals surface area contributed by atoms with E-state index in [1.807, 2.05) is 62.6 Å². The van der Waals surface area contributed by atoms with E-state index in [2.05, 4.69) is 65.8 Å². The van der Waals surface area contributed by atoms with Gasteiger partial charge >= 0.3 is 0 Å². The Kier molecular flexibility index (Phi) is 6.70. The van der Waals surface area contributed by atoms with Crippen molar-refractivity contribution in [1.29, 1.82) is 0 Å². The molecule has 2 N–H and O–H groups in total. The van der Waals surface area contributed by atoms with Crippen molar-refractivity contribution in [2.45, 2.75) is 38.6 Å². The fraction of sp³-hybridized carbons (Fsp3) is 0.286. The Morgan fingerprint density at radius 2 is 1.76 bits per heavy atom. The number of amides is 1. The summed E-state index contributed by atoms with van der Waals surface area (Å²) in [5.41, 5.74) is 9.67. The first kappa shape index (κ1) is 23.5. The number of hydrogen-bond donors (Lipinski definition) is 2. The van der Waals surface area contributed by atoms with Gasteiger partial charge in [-0.05, 0) is 55.8 Å². The lowest BCUT2D eigenvalue weighted by Crippen LogP contribution is -2.30. The van der Waals surface area contributed by atoms with E-state index in [0.29, 0.717) is 11.7 Å². The van der Waals surface area contributed by atoms with Gasteiger partial charge in [-0.1, -0.05) is 69.3 Å². The van der Waals surface area contributed by atoms with E-state index >= 15 is 0 Å². The van der Waals surface area contributed by atoms with Crippen LogP contribution >= 0.6 is 0 Å². The Morgan fingerprint density at radius 1 is 1.06 bits per heavy atom. The number of aromatic nitrogens is 1. The van der Waals surface area contributed by atoms with Gasteiger partial charge in [0, 0.05) is 17.2 Å². The SMILES string of the molecule is CN(C)C1C=C(c2oc(-c3ccc(C(C)(C)C)cc3)nc2C(=O)NNc2ccccc2)C=CC1. The maximum Gasteiger partial charge on any atom is 0.292 e. The summed E-state index contributed by atoms with van der Waals surface area (Å²) in [6.07, 6.45) is 7.12. The Labute approximate surface area is 201 Å². The summed E-state index contributed by atoms with van der Waals surface area (Å²) < 4.78 is 6.23. The summed E-state index contributed by atoms with van der Waals surface area (Å²) in [6, 6.07) is 17.8. The third-order valence-corrected chi connectivity index (χ3v) is 5.91. The van der Waals surface area contributed by atoms with Crippen molar-refractivity contribution < 1.29 is 9.21 Å². The fourth-order valence-electron chi connectivity index (χ4n) is 3.79. The second-order valence-corrected chi connectivity index (χ2v) is 9.76. The highest BCUT2D eigenvalue weighted by Gasteiger charge is 2.25. The molecular weight excluding hydrogens is 424 g/mol. The minimum Gasteiger partial charge on any atom is -0.435 e. The van der Waals surface area contributed by atoms with Crippen LogP contribution in [0.25, 0.3) is 17.0 Å². The van der Waals surface area contributed by atoms with Crippen LogP contribution in [0.15, 0.2) is 77.2 Å². The highest BCUT2D eigenvalue weighted by Crippen LogP contribution is 2.32. The molecule has 0 aliphatic heterocycles. The highest BCUT2D eigenvalue weighted by molar-refractivity contribution is 5.98. The van der Waals surface area contributed by atoms with Gasteiger partial charge in [-0.3, -0.25) is 15.6 Å².